The maximum Gasteiger partial charge on any atom is 0.303 e. The number of aliphatic carboxylic acids is 1. The van der Waals surface area contributed by atoms with Crippen molar-refractivity contribution >= 4 is 52.5 Å². The van der Waals surface area contributed by atoms with Gasteiger partial charge in [0.05, 0.1) is 22.9 Å². The van der Waals surface area contributed by atoms with Crippen LogP contribution in [0.2, 0.25) is 10.0 Å². The predicted molar refractivity (Wildman–Crippen MR) is 94.4 cm³/mol. The molecule has 1 aromatic carbocycles. The Balaban J connectivity index is 1.93. The first kappa shape index (κ1) is 19.2. The van der Waals surface area contributed by atoms with Gasteiger partial charge < -0.3 is 10.4 Å². The van der Waals surface area contributed by atoms with Crippen LogP contribution in [0.5, 0.6) is 0 Å². The van der Waals surface area contributed by atoms with Crippen molar-refractivity contribution in [2.24, 2.45) is 0 Å². The average molecular weight is 403 g/mol. The van der Waals surface area contributed by atoms with Crippen LogP contribution in [0.4, 0.5) is 5.69 Å². The standard InChI is InChI=1S/C14H12Cl2N4O4S/c15-7-1-2-8(16)10(5-7)17-11(21)6-25-14-18-13(24)9(19-20-14)3-4-12(22)23/h1-2,5H,3-4,6H2,(H,17,21)(H,22,23)(H,18,20,24). The van der Waals surface area contributed by atoms with E-state index in [1.807, 2.05) is 0 Å². The number of halogens is 2. The largest absolute Gasteiger partial charge is 0.481 e. The summed E-state index contributed by atoms with van der Waals surface area (Å²) >= 11 is 12.8. The number of hydrogen-bond acceptors (Lipinski definition) is 6. The third-order valence-electron chi connectivity index (χ3n) is 2.86. The highest BCUT2D eigenvalue weighted by molar-refractivity contribution is 7.99. The van der Waals surface area contributed by atoms with E-state index in [1.165, 1.54) is 6.07 Å². The molecular weight excluding hydrogens is 391 g/mol. The van der Waals surface area contributed by atoms with Crippen molar-refractivity contribution in [1.29, 1.82) is 0 Å². The smallest absolute Gasteiger partial charge is 0.303 e. The Morgan fingerprint density at radius 1 is 1.28 bits per heavy atom. The first-order chi connectivity index (χ1) is 11.8. The summed E-state index contributed by atoms with van der Waals surface area (Å²) in [6.45, 7) is 0. The number of nitrogens with one attached hydrogen (secondary N) is 2. The number of hydrogen-bond donors (Lipinski definition) is 3. The molecule has 0 saturated heterocycles. The highest BCUT2D eigenvalue weighted by Crippen LogP contribution is 2.25. The van der Waals surface area contributed by atoms with E-state index in [0.29, 0.717) is 15.7 Å². The third-order valence-corrected chi connectivity index (χ3v) is 4.29. The van der Waals surface area contributed by atoms with Crippen LogP contribution in [-0.4, -0.2) is 37.9 Å². The molecule has 132 valence electrons. The number of carboxylic acid groups (broad SMARTS) is 1. The number of carbonyl (C=O) groups excluding carboxylic acids is 1. The van der Waals surface area contributed by atoms with Gasteiger partial charge in [-0.25, -0.2) is 0 Å². The van der Waals surface area contributed by atoms with Crippen molar-refractivity contribution in [3.05, 3.63) is 44.3 Å². The summed E-state index contributed by atoms with van der Waals surface area (Å²) < 4.78 is 0. The lowest BCUT2D eigenvalue weighted by atomic mass is 10.2. The number of aryl methyl sites for hydroxylation is 1. The lowest BCUT2D eigenvalue weighted by Crippen LogP contribution is -2.20. The maximum absolute atomic E-state index is 11.9. The van der Waals surface area contributed by atoms with E-state index in [0.717, 1.165) is 11.8 Å². The van der Waals surface area contributed by atoms with Gasteiger partial charge in [-0.2, -0.15) is 0 Å². The second-order valence-corrected chi connectivity index (χ2v) is 6.57. The van der Waals surface area contributed by atoms with Crippen molar-refractivity contribution in [1.82, 2.24) is 15.2 Å². The topological polar surface area (TPSA) is 125 Å². The van der Waals surface area contributed by atoms with E-state index in [9.17, 15) is 14.4 Å². The number of amides is 1. The number of carboxylic acids is 1. The molecule has 0 aliphatic carbocycles. The molecule has 0 fully saturated rings. The van der Waals surface area contributed by atoms with Gasteiger partial charge in [-0.05, 0) is 18.2 Å². The summed E-state index contributed by atoms with van der Waals surface area (Å²) in [5.74, 6) is -1.44. The molecule has 1 heterocycles. The van der Waals surface area contributed by atoms with Gasteiger partial charge in [0.2, 0.25) is 5.91 Å². The summed E-state index contributed by atoms with van der Waals surface area (Å²) in [7, 11) is 0. The van der Waals surface area contributed by atoms with Crippen molar-refractivity contribution < 1.29 is 14.7 Å². The summed E-state index contributed by atoms with van der Waals surface area (Å²) in [4.78, 5) is 36.7. The maximum atomic E-state index is 11.9. The number of rotatable bonds is 7. The zero-order chi connectivity index (χ0) is 18.4. The van der Waals surface area contributed by atoms with Crippen LogP contribution >= 0.6 is 35.0 Å². The SMILES string of the molecule is O=C(O)CCc1nnc(SCC(=O)Nc2cc(Cl)ccc2Cl)[nH]c1=O. The van der Waals surface area contributed by atoms with E-state index in [2.05, 4.69) is 20.5 Å². The minimum atomic E-state index is -1.03. The van der Waals surface area contributed by atoms with Crippen LogP contribution in [0.25, 0.3) is 0 Å². The molecule has 0 saturated carbocycles. The second kappa shape index (κ2) is 8.84. The second-order valence-electron chi connectivity index (χ2n) is 4.76. The van der Waals surface area contributed by atoms with Gasteiger partial charge in [-0.1, -0.05) is 35.0 Å². The molecule has 0 aliphatic rings. The van der Waals surface area contributed by atoms with Crippen molar-refractivity contribution in [3.63, 3.8) is 0 Å². The lowest BCUT2D eigenvalue weighted by Gasteiger charge is -2.07. The molecule has 3 N–H and O–H groups in total. The van der Waals surface area contributed by atoms with Gasteiger partial charge in [0.25, 0.3) is 5.56 Å². The van der Waals surface area contributed by atoms with Gasteiger partial charge in [0.1, 0.15) is 5.69 Å². The highest BCUT2D eigenvalue weighted by Gasteiger charge is 2.11. The van der Waals surface area contributed by atoms with Crippen LogP contribution in [0.1, 0.15) is 12.1 Å². The molecule has 2 rings (SSSR count). The number of aromatic nitrogens is 3. The summed E-state index contributed by atoms with van der Waals surface area (Å²) in [5.41, 5.74) is -0.123. The minimum absolute atomic E-state index is 0.0175. The molecule has 0 aliphatic heterocycles. The highest BCUT2D eigenvalue weighted by atomic mass is 35.5. The van der Waals surface area contributed by atoms with Gasteiger partial charge in [0, 0.05) is 11.4 Å². The Hall–Kier alpha value is -2.10. The molecule has 0 radical (unpaired) electrons. The number of carbonyl (C=O) groups is 2. The van der Waals surface area contributed by atoms with E-state index in [-0.39, 0.29) is 35.4 Å². The zero-order valence-corrected chi connectivity index (χ0v) is 14.9. The monoisotopic (exact) mass is 402 g/mol. The Kier molecular flexibility index (Phi) is 6.80. The molecule has 0 atom stereocenters. The first-order valence-corrected chi connectivity index (χ1v) is 8.64. The number of aromatic amines is 1. The number of thioether (sulfide) groups is 1. The van der Waals surface area contributed by atoms with E-state index < -0.39 is 11.5 Å². The zero-order valence-electron chi connectivity index (χ0n) is 12.6. The van der Waals surface area contributed by atoms with E-state index in [1.54, 1.807) is 12.1 Å². The van der Waals surface area contributed by atoms with Gasteiger partial charge in [-0.3, -0.25) is 19.4 Å². The fourth-order valence-corrected chi connectivity index (χ4v) is 2.65. The fraction of sp³-hybridized carbons (Fsp3) is 0.214. The van der Waals surface area contributed by atoms with E-state index >= 15 is 0 Å². The number of nitrogens with zero attached hydrogens (tertiary/aromatic N) is 2. The van der Waals surface area contributed by atoms with Gasteiger partial charge >= 0.3 is 5.97 Å². The fourth-order valence-electron chi connectivity index (χ4n) is 1.71. The van der Waals surface area contributed by atoms with Gasteiger partial charge in [0.15, 0.2) is 5.16 Å². The quantitative estimate of drug-likeness (QED) is 0.606. The number of anilines is 1. The van der Waals surface area contributed by atoms with Gasteiger partial charge in [-0.15, -0.1) is 10.2 Å². The van der Waals surface area contributed by atoms with Crippen molar-refractivity contribution in [2.45, 2.75) is 18.0 Å². The molecule has 8 nitrogen and oxygen atoms in total. The van der Waals surface area contributed by atoms with Crippen LogP contribution in [0, 0.1) is 0 Å². The molecule has 11 heteroatoms. The van der Waals surface area contributed by atoms with Crippen molar-refractivity contribution in [2.75, 3.05) is 11.1 Å². The lowest BCUT2D eigenvalue weighted by molar-refractivity contribution is -0.137. The minimum Gasteiger partial charge on any atom is -0.481 e. The first-order valence-electron chi connectivity index (χ1n) is 6.90. The Morgan fingerprint density at radius 3 is 2.72 bits per heavy atom. The van der Waals surface area contributed by atoms with E-state index in [4.69, 9.17) is 28.3 Å². The Bertz CT molecular complexity index is 859. The number of H-pyrrole nitrogens is 1. The average Bonchev–Trinajstić information content (AvgIpc) is 2.55. The van der Waals surface area contributed by atoms with Crippen LogP contribution in [-0.2, 0) is 16.0 Å². The molecule has 0 spiro atoms. The normalized spacial score (nSPS) is 10.5. The predicted octanol–water partition coefficient (Wildman–Crippen LogP) is 2.22. The Morgan fingerprint density at radius 2 is 2.04 bits per heavy atom. The molecule has 25 heavy (non-hydrogen) atoms. The molecule has 1 amide bonds. The Labute approximate surface area is 155 Å². The summed E-state index contributed by atoms with van der Waals surface area (Å²) in [6.07, 6.45) is -0.233. The molecule has 0 unspecified atom stereocenters. The molecular formula is C14H12Cl2N4O4S. The molecule has 0 bridgehead atoms. The van der Waals surface area contributed by atoms with Crippen LogP contribution < -0.4 is 10.9 Å². The summed E-state index contributed by atoms with van der Waals surface area (Å²) in [6, 6.07) is 4.68. The number of benzene rings is 1. The summed E-state index contributed by atoms with van der Waals surface area (Å²) in [5, 5.41) is 19.6. The third kappa shape index (κ3) is 6.04. The van der Waals surface area contributed by atoms with Crippen LogP contribution in [0.3, 0.4) is 0 Å². The van der Waals surface area contributed by atoms with Crippen molar-refractivity contribution in [3.8, 4) is 0 Å². The molecule has 1 aromatic heterocycles. The molecule has 2 aromatic rings. The van der Waals surface area contributed by atoms with Crippen LogP contribution in [0.15, 0.2) is 28.2 Å².